The third kappa shape index (κ3) is 3.14. The minimum absolute atomic E-state index is 0.277. The van der Waals surface area contributed by atoms with Crippen molar-refractivity contribution in [3.05, 3.63) is 11.6 Å². The fourth-order valence-electron chi connectivity index (χ4n) is 8.21. The lowest BCUT2D eigenvalue weighted by atomic mass is 9.50. The van der Waals surface area contributed by atoms with Crippen LogP contribution >= 0.6 is 0 Å². The first-order valence-corrected chi connectivity index (χ1v) is 12.4. The van der Waals surface area contributed by atoms with Gasteiger partial charge in [0.2, 0.25) is 0 Å². The van der Waals surface area contributed by atoms with E-state index in [1.807, 2.05) is 0 Å². The lowest BCUT2D eigenvalue weighted by Crippen LogP contribution is -2.46. The Morgan fingerprint density at radius 1 is 1.00 bits per heavy atom. The SMILES string of the molecule is CC(C)C(C)CCC(C)C1CCC2C3=CCC4CC(=O)CC4(C)C3CCC21C. The Hall–Kier alpha value is -0.590. The highest BCUT2D eigenvalue weighted by molar-refractivity contribution is 5.82. The second-order valence-corrected chi connectivity index (χ2v) is 12.2. The van der Waals surface area contributed by atoms with Crippen molar-refractivity contribution in [2.45, 2.75) is 99.3 Å². The molecule has 0 aromatic carbocycles. The molecule has 1 nitrogen and oxygen atoms in total. The Morgan fingerprint density at radius 2 is 1.71 bits per heavy atom. The fraction of sp³-hybridized carbons (Fsp3) is 0.889. The number of ketones is 1. The molecule has 0 heterocycles. The van der Waals surface area contributed by atoms with Crippen LogP contribution in [0.25, 0.3) is 0 Å². The number of hydrogen-bond donors (Lipinski definition) is 0. The van der Waals surface area contributed by atoms with Gasteiger partial charge in [0, 0.05) is 12.8 Å². The lowest BCUT2D eigenvalue weighted by Gasteiger charge is -2.54. The molecule has 0 bridgehead atoms. The van der Waals surface area contributed by atoms with Gasteiger partial charge in [-0.25, -0.2) is 0 Å². The number of rotatable bonds is 5. The molecule has 158 valence electrons. The van der Waals surface area contributed by atoms with Gasteiger partial charge in [0.25, 0.3) is 0 Å². The molecule has 4 aliphatic carbocycles. The molecular formula is C27H44O. The Morgan fingerprint density at radius 3 is 2.43 bits per heavy atom. The van der Waals surface area contributed by atoms with E-state index in [1.165, 1.54) is 44.9 Å². The Kier molecular flexibility index (Phi) is 5.37. The second-order valence-electron chi connectivity index (χ2n) is 12.2. The quantitative estimate of drug-likeness (QED) is 0.450. The second kappa shape index (κ2) is 7.28. The van der Waals surface area contributed by atoms with Gasteiger partial charge in [-0.2, -0.15) is 0 Å². The molecule has 0 aromatic heterocycles. The molecule has 0 aliphatic heterocycles. The maximum absolute atomic E-state index is 12.3. The van der Waals surface area contributed by atoms with E-state index in [1.54, 1.807) is 5.57 Å². The molecule has 8 atom stereocenters. The third-order valence-corrected chi connectivity index (χ3v) is 10.5. The summed E-state index contributed by atoms with van der Waals surface area (Å²) in [6, 6.07) is 0. The molecule has 0 N–H and O–H groups in total. The van der Waals surface area contributed by atoms with Gasteiger partial charge in [-0.1, -0.05) is 66.0 Å². The Bertz CT molecular complexity index is 645. The largest absolute Gasteiger partial charge is 0.300 e. The number of carbonyl (C=O) groups is 1. The first-order chi connectivity index (χ1) is 13.2. The first kappa shape index (κ1) is 20.7. The van der Waals surface area contributed by atoms with Crippen molar-refractivity contribution in [2.24, 2.45) is 52.3 Å². The highest BCUT2D eigenvalue weighted by atomic mass is 16.1. The highest BCUT2D eigenvalue weighted by Gasteiger charge is 2.59. The van der Waals surface area contributed by atoms with Crippen LogP contribution in [-0.2, 0) is 4.79 Å². The van der Waals surface area contributed by atoms with Crippen LogP contribution < -0.4 is 0 Å². The smallest absolute Gasteiger partial charge is 0.133 e. The van der Waals surface area contributed by atoms with Gasteiger partial charge in [-0.05, 0) is 84.4 Å². The summed E-state index contributed by atoms with van der Waals surface area (Å²) >= 11 is 0. The van der Waals surface area contributed by atoms with Gasteiger partial charge < -0.3 is 0 Å². The van der Waals surface area contributed by atoms with Crippen molar-refractivity contribution in [3.8, 4) is 0 Å². The minimum Gasteiger partial charge on any atom is -0.300 e. The van der Waals surface area contributed by atoms with E-state index >= 15 is 0 Å². The molecule has 3 saturated carbocycles. The zero-order valence-corrected chi connectivity index (χ0v) is 19.4. The van der Waals surface area contributed by atoms with E-state index in [9.17, 15) is 4.79 Å². The summed E-state index contributed by atoms with van der Waals surface area (Å²) in [6.07, 6.45) is 13.9. The molecule has 8 unspecified atom stereocenters. The van der Waals surface area contributed by atoms with Crippen LogP contribution in [0.5, 0.6) is 0 Å². The molecule has 4 aliphatic rings. The highest BCUT2D eigenvalue weighted by Crippen LogP contribution is 2.67. The topological polar surface area (TPSA) is 17.1 Å². The van der Waals surface area contributed by atoms with E-state index in [0.29, 0.717) is 23.0 Å². The summed E-state index contributed by atoms with van der Waals surface area (Å²) in [7, 11) is 0. The van der Waals surface area contributed by atoms with Crippen LogP contribution in [0.3, 0.4) is 0 Å². The molecule has 3 fully saturated rings. The summed E-state index contributed by atoms with van der Waals surface area (Å²) in [5.74, 6) is 6.08. The molecule has 28 heavy (non-hydrogen) atoms. The van der Waals surface area contributed by atoms with Gasteiger partial charge in [-0.3, -0.25) is 4.79 Å². The van der Waals surface area contributed by atoms with Gasteiger partial charge in [-0.15, -0.1) is 0 Å². The lowest BCUT2D eigenvalue weighted by molar-refractivity contribution is -0.118. The standard InChI is InChI=1S/C27H44O/c1-17(2)18(3)7-8-19(4)23-11-12-24-22-10-9-20-15-21(28)16-27(20,6)25(22)13-14-26(23,24)5/h10,17-20,23-25H,7-9,11-16H2,1-6H3. The van der Waals surface area contributed by atoms with Crippen LogP contribution in [0.4, 0.5) is 0 Å². The predicted octanol–water partition coefficient (Wildman–Crippen LogP) is 7.45. The predicted molar refractivity (Wildman–Crippen MR) is 118 cm³/mol. The zero-order chi connectivity index (χ0) is 20.3. The summed E-state index contributed by atoms with van der Waals surface area (Å²) in [6.45, 7) is 14.9. The fourth-order valence-corrected chi connectivity index (χ4v) is 8.21. The van der Waals surface area contributed by atoms with Crippen molar-refractivity contribution in [3.63, 3.8) is 0 Å². The molecular weight excluding hydrogens is 340 g/mol. The van der Waals surface area contributed by atoms with Gasteiger partial charge >= 0.3 is 0 Å². The van der Waals surface area contributed by atoms with Crippen LogP contribution in [0, 0.1) is 52.3 Å². The van der Waals surface area contributed by atoms with Crippen molar-refractivity contribution >= 4 is 5.78 Å². The monoisotopic (exact) mass is 384 g/mol. The van der Waals surface area contributed by atoms with E-state index in [4.69, 9.17) is 0 Å². The minimum atomic E-state index is 0.277. The number of hydrogen-bond acceptors (Lipinski definition) is 1. The molecule has 0 spiro atoms. The van der Waals surface area contributed by atoms with Crippen LogP contribution in [0.15, 0.2) is 11.6 Å². The normalized spacial score (nSPS) is 44.7. The summed E-state index contributed by atoms with van der Waals surface area (Å²) < 4.78 is 0. The number of carbonyl (C=O) groups excluding carboxylic acids is 1. The maximum Gasteiger partial charge on any atom is 0.133 e. The molecule has 0 radical (unpaired) electrons. The summed E-state index contributed by atoms with van der Waals surface area (Å²) in [4.78, 5) is 12.3. The third-order valence-electron chi connectivity index (χ3n) is 10.5. The average molecular weight is 385 g/mol. The zero-order valence-electron chi connectivity index (χ0n) is 19.4. The van der Waals surface area contributed by atoms with Crippen LogP contribution in [0.2, 0.25) is 0 Å². The van der Waals surface area contributed by atoms with E-state index in [2.05, 4.69) is 47.6 Å². The molecule has 0 saturated heterocycles. The van der Waals surface area contributed by atoms with E-state index in [-0.39, 0.29) is 5.41 Å². The molecule has 4 rings (SSSR count). The van der Waals surface area contributed by atoms with E-state index in [0.717, 1.165) is 42.4 Å². The number of allylic oxidation sites excluding steroid dienone is 2. The van der Waals surface area contributed by atoms with Crippen LogP contribution in [-0.4, -0.2) is 5.78 Å². The summed E-state index contributed by atoms with van der Waals surface area (Å²) in [5, 5.41) is 0. The first-order valence-electron chi connectivity index (χ1n) is 12.4. The Labute approximate surface area is 174 Å². The van der Waals surface area contributed by atoms with E-state index < -0.39 is 0 Å². The molecule has 1 heteroatoms. The average Bonchev–Trinajstić information content (AvgIpc) is 3.14. The van der Waals surface area contributed by atoms with Crippen molar-refractivity contribution in [1.29, 1.82) is 0 Å². The van der Waals surface area contributed by atoms with Crippen molar-refractivity contribution in [1.82, 2.24) is 0 Å². The van der Waals surface area contributed by atoms with Gasteiger partial charge in [0.05, 0.1) is 0 Å². The van der Waals surface area contributed by atoms with Gasteiger partial charge in [0.15, 0.2) is 0 Å². The van der Waals surface area contributed by atoms with Crippen molar-refractivity contribution < 1.29 is 4.79 Å². The van der Waals surface area contributed by atoms with Gasteiger partial charge in [0.1, 0.15) is 5.78 Å². The number of fused-ring (bicyclic) bond motifs is 5. The van der Waals surface area contributed by atoms with Crippen LogP contribution in [0.1, 0.15) is 99.3 Å². The van der Waals surface area contributed by atoms with Crippen molar-refractivity contribution in [2.75, 3.05) is 0 Å². The maximum atomic E-state index is 12.3. The molecule has 0 aromatic rings. The summed E-state index contributed by atoms with van der Waals surface area (Å²) in [5.41, 5.74) is 2.58. The molecule has 0 amide bonds. The number of Topliss-reactive ketones (excluding diaryl/α,β-unsaturated/α-hetero) is 1. The Balaban J connectivity index is 1.50.